The first-order valence-electron chi connectivity index (χ1n) is 9.49. The van der Waals surface area contributed by atoms with Crippen LogP contribution < -0.4 is 10.1 Å². The third-order valence-electron chi connectivity index (χ3n) is 4.65. The quantitative estimate of drug-likeness (QED) is 0.577. The lowest BCUT2D eigenvalue weighted by Crippen LogP contribution is -2.17. The van der Waals surface area contributed by atoms with Gasteiger partial charge in [-0.1, -0.05) is 30.3 Å². The largest absolute Gasteiger partial charge is 0.494 e. The number of aromatic nitrogens is 1. The number of fused-ring (bicyclic) bond motifs is 1. The molecule has 2 aromatic carbocycles. The fourth-order valence-electron chi connectivity index (χ4n) is 3.07. The van der Waals surface area contributed by atoms with Gasteiger partial charge in [-0.3, -0.25) is 9.78 Å². The summed E-state index contributed by atoms with van der Waals surface area (Å²) in [6.07, 6.45) is 8.14. The maximum atomic E-state index is 11.4. The molecule has 0 fully saturated rings. The van der Waals surface area contributed by atoms with Gasteiger partial charge >= 0.3 is 0 Å². The first-order valence-corrected chi connectivity index (χ1v) is 9.49. The summed E-state index contributed by atoms with van der Waals surface area (Å²) in [7, 11) is 1.67. The number of ether oxygens (including phenoxy) is 1. The molecule has 0 aliphatic rings. The fourth-order valence-corrected chi connectivity index (χ4v) is 3.07. The van der Waals surface area contributed by atoms with Crippen LogP contribution in [0, 0.1) is 0 Å². The molecule has 0 radical (unpaired) electrons. The van der Waals surface area contributed by atoms with Crippen molar-refractivity contribution in [2.24, 2.45) is 0 Å². The Morgan fingerprint density at radius 2 is 1.85 bits per heavy atom. The summed E-state index contributed by atoms with van der Waals surface area (Å²) in [5.41, 5.74) is 2.45. The zero-order chi connectivity index (χ0) is 18.9. The second kappa shape index (κ2) is 9.72. The Hall–Kier alpha value is -2.88. The van der Waals surface area contributed by atoms with Gasteiger partial charge < -0.3 is 10.1 Å². The molecule has 1 N–H and O–H groups in total. The van der Waals surface area contributed by atoms with Crippen LogP contribution in [0.1, 0.15) is 30.4 Å². The molecule has 1 heterocycles. The van der Waals surface area contributed by atoms with Gasteiger partial charge in [0.25, 0.3) is 0 Å². The van der Waals surface area contributed by atoms with E-state index < -0.39 is 0 Å². The average Bonchev–Trinajstić information content (AvgIpc) is 2.72. The van der Waals surface area contributed by atoms with Crippen molar-refractivity contribution in [1.29, 1.82) is 0 Å². The molecule has 0 atom stereocenters. The molecule has 0 spiro atoms. The Labute approximate surface area is 160 Å². The topological polar surface area (TPSA) is 51.2 Å². The molecular formula is C23H26N2O2. The number of rotatable bonds is 9. The number of nitrogens with one attached hydrogen (secondary N) is 1. The second-order valence-corrected chi connectivity index (χ2v) is 6.68. The Kier molecular flexibility index (Phi) is 6.80. The van der Waals surface area contributed by atoms with E-state index in [1.165, 1.54) is 16.5 Å². The number of aryl methyl sites for hydroxylation is 2. The Bertz CT molecular complexity index is 878. The summed E-state index contributed by atoms with van der Waals surface area (Å²) in [6, 6.07) is 16.6. The highest BCUT2D eigenvalue weighted by molar-refractivity contribution is 5.84. The summed E-state index contributed by atoms with van der Waals surface area (Å²) in [4.78, 5) is 15.5. The van der Waals surface area contributed by atoms with Crippen molar-refractivity contribution in [3.05, 3.63) is 72.1 Å². The molecule has 3 aromatic rings. The van der Waals surface area contributed by atoms with Gasteiger partial charge in [0.05, 0.1) is 6.61 Å². The molecule has 1 aromatic heterocycles. The molecule has 1 amide bonds. The van der Waals surface area contributed by atoms with E-state index in [4.69, 9.17) is 4.74 Å². The molecular weight excluding hydrogens is 336 g/mol. The highest BCUT2D eigenvalue weighted by Crippen LogP contribution is 2.23. The smallest absolute Gasteiger partial charge is 0.220 e. The minimum Gasteiger partial charge on any atom is -0.494 e. The summed E-state index contributed by atoms with van der Waals surface area (Å²) >= 11 is 0. The fraction of sp³-hybridized carbons (Fsp3) is 0.304. The van der Waals surface area contributed by atoms with E-state index in [0.717, 1.165) is 43.4 Å². The molecule has 3 rings (SSSR count). The zero-order valence-electron chi connectivity index (χ0n) is 15.8. The van der Waals surface area contributed by atoms with Gasteiger partial charge in [-0.25, -0.2) is 0 Å². The molecule has 4 nitrogen and oxygen atoms in total. The first kappa shape index (κ1) is 18.9. The summed E-state index contributed by atoms with van der Waals surface area (Å²) in [6.45, 7) is 0.718. The van der Waals surface area contributed by atoms with Crippen LogP contribution in [0.25, 0.3) is 10.8 Å². The van der Waals surface area contributed by atoms with Crippen LogP contribution in [0.4, 0.5) is 0 Å². The first-order chi connectivity index (χ1) is 13.2. The lowest BCUT2D eigenvalue weighted by atomic mass is 10.0. The van der Waals surface area contributed by atoms with Crippen LogP contribution in [0.2, 0.25) is 0 Å². The molecule has 0 unspecified atom stereocenters. The van der Waals surface area contributed by atoms with E-state index in [1.807, 2.05) is 18.3 Å². The van der Waals surface area contributed by atoms with E-state index in [2.05, 4.69) is 46.7 Å². The number of nitrogens with zero attached hydrogens (tertiary/aromatic N) is 1. The molecule has 4 heteroatoms. The van der Waals surface area contributed by atoms with Crippen molar-refractivity contribution < 1.29 is 9.53 Å². The van der Waals surface area contributed by atoms with Crippen molar-refractivity contribution in [1.82, 2.24) is 10.3 Å². The van der Waals surface area contributed by atoms with E-state index in [0.29, 0.717) is 6.42 Å². The molecule has 0 bridgehead atoms. The third-order valence-corrected chi connectivity index (χ3v) is 4.65. The number of carbonyl (C=O) groups is 1. The Balaban J connectivity index is 1.48. The van der Waals surface area contributed by atoms with Crippen molar-refractivity contribution in [2.75, 3.05) is 13.7 Å². The number of hydrogen-bond donors (Lipinski definition) is 1. The number of unbranched alkanes of at least 4 members (excludes halogenated alkanes) is 1. The second-order valence-electron chi connectivity index (χ2n) is 6.68. The molecule has 0 aliphatic carbocycles. The van der Waals surface area contributed by atoms with Crippen LogP contribution in [0.5, 0.6) is 5.75 Å². The van der Waals surface area contributed by atoms with E-state index in [1.54, 1.807) is 13.2 Å². The number of benzene rings is 2. The standard InChI is InChI=1S/C23H26N2O2/c1-24-23(26)12-8-18-7-9-21-16-22(11-10-20(21)15-18)27-14-3-2-5-19-6-4-13-25-17-19/h4,6-7,9-11,13,15-17H,2-3,5,8,12,14H2,1H3,(H,24,26). The van der Waals surface area contributed by atoms with Crippen molar-refractivity contribution in [3.8, 4) is 5.75 Å². The average molecular weight is 362 g/mol. The SMILES string of the molecule is CNC(=O)CCc1ccc2cc(OCCCCc3cccnc3)ccc2c1. The predicted octanol–water partition coefficient (Wildman–Crippen LogP) is 4.32. The van der Waals surface area contributed by atoms with E-state index in [9.17, 15) is 4.79 Å². The number of pyridine rings is 1. The van der Waals surface area contributed by atoms with Crippen LogP contribution in [0.3, 0.4) is 0 Å². The molecule has 27 heavy (non-hydrogen) atoms. The maximum absolute atomic E-state index is 11.4. The maximum Gasteiger partial charge on any atom is 0.220 e. The number of hydrogen-bond acceptors (Lipinski definition) is 3. The van der Waals surface area contributed by atoms with Crippen molar-refractivity contribution in [2.45, 2.75) is 32.1 Å². The van der Waals surface area contributed by atoms with Gasteiger partial charge in [-0.2, -0.15) is 0 Å². The Morgan fingerprint density at radius 3 is 2.67 bits per heavy atom. The summed E-state index contributed by atoms with van der Waals surface area (Å²) < 4.78 is 5.91. The molecule has 140 valence electrons. The van der Waals surface area contributed by atoms with Gasteiger partial charge in [0, 0.05) is 25.9 Å². The lowest BCUT2D eigenvalue weighted by Gasteiger charge is -2.09. The van der Waals surface area contributed by atoms with Crippen LogP contribution in [-0.2, 0) is 17.6 Å². The van der Waals surface area contributed by atoms with Crippen LogP contribution in [0.15, 0.2) is 60.9 Å². The van der Waals surface area contributed by atoms with Crippen molar-refractivity contribution in [3.63, 3.8) is 0 Å². The third kappa shape index (κ3) is 5.81. The zero-order valence-corrected chi connectivity index (χ0v) is 15.8. The highest BCUT2D eigenvalue weighted by atomic mass is 16.5. The summed E-state index contributed by atoms with van der Waals surface area (Å²) in [5.74, 6) is 0.976. The van der Waals surface area contributed by atoms with E-state index in [-0.39, 0.29) is 5.91 Å². The molecule has 0 aliphatic heterocycles. The molecule has 0 saturated carbocycles. The number of carbonyl (C=O) groups excluding carboxylic acids is 1. The van der Waals surface area contributed by atoms with E-state index >= 15 is 0 Å². The van der Waals surface area contributed by atoms with Gasteiger partial charge in [0.1, 0.15) is 5.75 Å². The number of amides is 1. The minimum atomic E-state index is 0.0716. The monoisotopic (exact) mass is 362 g/mol. The Morgan fingerprint density at radius 1 is 1.00 bits per heavy atom. The van der Waals surface area contributed by atoms with Gasteiger partial charge in [-0.15, -0.1) is 0 Å². The van der Waals surface area contributed by atoms with Gasteiger partial charge in [-0.05, 0) is 65.8 Å². The normalized spacial score (nSPS) is 10.7. The van der Waals surface area contributed by atoms with Crippen LogP contribution in [-0.4, -0.2) is 24.5 Å². The van der Waals surface area contributed by atoms with Gasteiger partial charge in [0.15, 0.2) is 0 Å². The minimum absolute atomic E-state index is 0.0716. The van der Waals surface area contributed by atoms with Gasteiger partial charge in [0.2, 0.25) is 5.91 Å². The molecule has 0 saturated heterocycles. The lowest BCUT2D eigenvalue weighted by molar-refractivity contribution is -0.120. The summed E-state index contributed by atoms with van der Waals surface area (Å²) in [5, 5.41) is 4.99. The predicted molar refractivity (Wildman–Crippen MR) is 109 cm³/mol. The van der Waals surface area contributed by atoms with Crippen LogP contribution >= 0.6 is 0 Å². The highest BCUT2D eigenvalue weighted by Gasteiger charge is 2.03. The van der Waals surface area contributed by atoms with Crippen molar-refractivity contribution >= 4 is 16.7 Å².